The maximum absolute atomic E-state index is 14.1. The Bertz CT molecular complexity index is 704. The molecule has 2 N–H and O–H groups in total. The van der Waals surface area contributed by atoms with E-state index in [0.29, 0.717) is 36.1 Å². The van der Waals surface area contributed by atoms with E-state index in [4.69, 9.17) is 4.74 Å². The molecule has 1 aromatic rings. The molecule has 0 aromatic heterocycles. The summed E-state index contributed by atoms with van der Waals surface area (Å²) in [6.45, 7) is 5.33. The van der Waals surface area contributed by atoms with Crippen molar-refractivity contribution in [2.45, 2.75) is 57.7 Å². The molecule has 6 heteroatoms. The van der Waals surface area contributed by atoms with Gasteiger partial charge >= 0.3 is 0 Å². The van der Waals surface area contributed by atoms with Crippen molar-refractivity contribution in [1.82, 2.24) is 10.6 Å². The Morgan fingerprint density at radius 1 is 1.38 bits per heavy atom. The van der Waals surface area contributed by atoms with Gasteiger partial charge in [-0.1, -0.05) is 12.5 Å². The first kappa shape index (κ1) is 17.7. The van der Waals surface area contributed by atoms with Crippen molar-refractivity contribution in [2.24, 2.45) is 16.3 Å². The van der Waals surface area contributed by atoms with E-state index >= 15 is 0 Å². The Morgan fingerprint density at radius 3 is 2.85 bits per heavy atom. The first-order chi connectivity index (χ1) is 12.5. The lowest BCUT2D eigenvalue weighted by molar-refractivity contribution is -0.171. The molecule has 1 heterocycles. The number of hydrogen-bond acceptors (Lipinski definition) is 2. The summed E-state index contributed by atoms with van der Waals surface area (Å²) in [4.78, 5) is 4.55. The minimum absolute atomic E-state index is 0.252. The Morgan fingerprint density at radius 2 is 2.19 bits per heavy atom. The van der Waals surface area contributed by atoms with Gasteiger partial charge < -0.3 is 15.4 Å². The van der Waals surface area contributed by atoms with Crippen LogP contribution in [-0.4, -0.2) is 31.3 Å². The summed E-state index contributed by atoms with van der Waals surface area (Å²) >= 11 is 0. The fourth-order valence-corrected chi connectivity index (χ4v) is 5.03. The fraction of sp³-hybridized carbons (Fsp3) is 0.650. The molecular weight excluding hydrogens is 336 g/mol. The van der Waals surface area contributed by atoms with Gasteiger partial charge in [0, 0.05) is 42.2 Å². The van der Waals surface area contributed by atoms with Gasteiger partial charge in [0.05, 0.1) is 12.1 Å². The second kappa shape index (κ2) is 6.80. The van der Waals surface area contributed by atoms with Crippen molar-refractivity contribution in [1.29, 1.82) is 0 Å². The van der Waals surface area contributed by atoms with Gasteiger partial charge in [-0.3, -0.25) is 4.99 Å². The number of rotatable bonds is 4. The highest BCUT2D eigenvalue weighted by Crippen LogP contribution is 2.62. The molecule has 26 heavy (non-hydrogen) atoms. The minimum Gasteiger partial charge on any atom is -0.377 e. The molecule has 4 nitrogen and oxygen atoms in total. The van der Waals surface area contributed by atoms with E-state index < -0.39 is 11.6 Å². The van der Waals surface area contributed by atoms with Crippen molar-refractivity contribution >= 4 is 5.96 Å². The molecule has 4 unspecified atom stereocenters. The molecule has 0 radical (unpaired) electrons. The van der Waals surface area contributed by atoms with Gasteiger partial charge in [0.1, 0.15) is 11.6 Å². The maximum Gasteiger partial charge on any atom is 0.191 e. The minimum atomic E-state index is -0.562. The molecular formula is C20H27F2N3O. The average molecular weight is 363 g/mol. The molecule has 3 aliphatic rings. The summed E-state index contributed by atoms with van der Waals surface area (Å²) in [6.07, 6.45) is 5.14. The van der Waals surface area contributed by atoms with E-state index in [1.54, 1.807) is 0 Å². The van der Waals surface area contributed by atoms with E-state index in [-0.39, 0.29) is 11.5 Å². The number of benzene rings is 1. The number of halogens is 2. The molecule has 2 aliphatic carbocycles. The number of aliphatic imine (C=N–C) groups is 1. The van der Waals surface area contributed by atoms with Gasteiger partial charge in [-0.15, -0.1) is 0 Å². The number of ether oxygens (including phenoxy) is 1. The van der Waals surface area contributed by atoms with Crippen molar-refractivity contribution in [3.05, 3.63) is 35.4 Å². The van der Waals surface area contributed by atoms with E-state index in [1.807, 2.05) is 13.8 Å². The molecule has 1 saturated heterocycles. The molecule has 3 fully saturated rings. The highest BCUT2D eigenvalue weighted by Gasteiger charge is 2.66. The summed E-state index contributed by atoms with van der Waals surface area (Å²) < 4.78 is 33.2. The molecule has 142 valence electrons. The van der Waals surface area contributed by atoms with Crippen LogP contribution in [0, 0.1) is 23.0 Å². The van der Waals surface area contributed by atoms with Crippen LogP contribution < -0.4 is 10.6 Å². The van der Waals surface area contributed by atoms with Gasteiger partial charge in [-0.25, -0.2) is 8.78 Å². The van der Waals surface area contributed by atoms with Crippen LogP contribution in [0.3, 0.4) is 0 Å². The van der Waals surface area contributed by atoms with E-state index in [9.17, 15) is 8.78 Å². The van der Waals surface area contributed by atoms with Gasteiger partial charge in [-0.05, 0) is 39.2 Å². The predicted octanol–water partition coefficient (Wildman–Crippen LogP) is 3.54. The molecule has 1 aliphatic heterocycles. The van der Waals surface area contributed by atoms with Crippen molar-refractivity contribution in [3.63, 3.8) is 0 Å². The Balaban J connectivity index is 1.47. The molecule has 0 bridgehead atoms. The number of nitrogens with one attached hydrogen (secondary N) is 2. The maximum atomic E-state index is 14.1. The highest BCUT2D eigenvalue weighted by atomic mass is 19.1. The van der Waals surface area contributed by atoms with Crippen LogP contribution in [0.5, 0.6) is 0 Å². The molecule has 1 aromatic carbocycles. The molecule has 1 spiro atoms. The van der Waals surface area contributed by atoms with Gasteiger partial charge in [0.25, 0.3) is 0 Å². The second-order valence-corrected chi connectivity index (χ2v) is 7.81. The molecule has 4 atom stereocenters. The van der Waals surface area contributed by atoms with E-state index in [0.717, 1.165) is 19.1 Å². The number of fused-ring (bicyclic) bond motifs is 2. The molecule has 0 amide bonds. The van der Waals surface area contributed by atoms with Crippen LogP contribution in [0.25, 0.3) is 0 Å². The van der Waals surface area contributed by atoms with Crippen LogP contribution in [0.1, 0.15) is 51.1 Å². The first-order valence-electron chi connectivity index (χ1n) is 9.69. The third-order valence-corrected chi connectivity index (χ3v) is 6.43. The number of nitrogens with zero attached hydrogens (tertiary/aromatic N) is 1. The third-order valence-electron chi connectivity index (χ3n) is 6.43. The standard InChI is InChI=1S/C20H27F2N3O/c1-3-23-19(24-12(2)14-6-5-13(21)11-16(14)22)25-17-15-7-10-26-18(15)20(17)8-4-9-20/h5-6,11-12,15,17-18H,3-4,7-10H2,1-2H3,(H2,23,24,25). The lowest BCUT2D eigenvalue weighted by Crippen LogP contribution is -2.72. The summed E-state index contributed by atoms with van der Waals surface area (Å²) in [5.41, 5.74) is 0.688. The summed E-state index contributed by atoms with van der Waals surface area (Å²) in [6, 6.07) is 3.76. The zero-order chi connectivity index (χ0) is 18.3. The topological polar surface area (TPSA) is 45.7 Å². The number of guanidine groups is 1. The van der Waals surface area contributed by atoms with Gasteiger partial charge in [-0.2, -0.15) is 0 Å². The average Bonchev–Trinajstić information content (AvgIpc) is 2.96. The van der Waals surface area contributed by atoms with Gasteiger partial charge in [0.15, 0.2) is 5.96 Å². The van der Waals surface area contributed by atoms with Crippen LogP contribution in [0.4, 0.5) is 8.78 Å². The Kier molecular flexibility index (Phi) is 4.63. The number of hydrogen-bond donors (Lipinski definition) is 2. The largest absolute Gasteiger partial charge is 0.377 e. The van der Waals surface area contributed by atoms with Crippen molar-refractivity contribution < 1.29 is 13.5 Å². The zero-order valence-electron chi connectivity index (χ0n) is 15.4. The van der Waals surface area contributed by atoms with Crippen LogP contribution in [0.2, 0.25) is 0 Å². The predicted molar refractivity (Wildman–Crippen MR) is 96.9 cm³/mol. The molecule has 4 rings (SSSR count). The normalized spacial score (nSPS) is 30.3. The summed E-state index contributed by atoms with van der Waals surface area (Å²) in [5.74, 6) is 0.138. The van der Waals surface area contributed by atoms with Crippen LogP contribution in [-0.2, 0) is 4.74 Å². The monoisotopic (exact) mass is 363 g/mol. The second-order valence-electron chi connectivity index (χ2n) is 7.81. The van der Waals surface area contributed by atoms with E-state index in [1.165, 1.54) is 31.4 Å². The van der Waals surface area contributed by atoms with E-state index in [2.05, 4.69) is 15.6 Å². The lowest BCUT2D eigenvalue weighted by Gasteiger charge is -2.63. The lowest BCUT2D eigenvalue weighted by atomic mass is 9.46. The van der Waals surface area contributed by atoms with Gasteiger partial charge in [0.2, 0.25) is 0 Å². The van der Waals surface area contributed by atoms with Crippen LogP contribution >= 0.6 is 0 Å². The first-order valence-corrected chi connectivity index (χ1v) is 9.69. The third kappa shape index (κ3) is 2.79. The summed E-state index contributed by atoms with van der Waals surface area (Å²) in [5, 5.41) is 6.91. The zero-order valence-corrected chi connectivity index (χ0v) is 15.4. The highest BCUT2D eigenvalue weighted by molar-refractivity contribution is 5.81. The Labute approximate surface area is 153 Å². The Hall–Kier alpha value is -1.69. The quantitative estimate of drug-likeness (QED) is 0.635. The smallest absolute Gasteiger partial charge is 0.191 e. The summed E-state index contributed by atoms with van der Waals surface area (Å²) in [7, 11) is 0. The fourth-order valence-electron chi connectivity index (χ4n) is 5.03. The van der Waals surface area contributed by atoms with Crippen molar-refractivity contribution in [2.75, 3.05) is 13.2 Å². The molecule has 2 saturated carbocycles. The van der Waals surface area contributed by atoms with Crippen LogP contribution in [0.15, 0.2) is 23.2 Å². The van der Waals surface area contributed by atoms with Crippen molar-refractivity contribution in [3.8, 4) is 0 Å². The SMILES string of the molecule is CCN=C(NC(C)c1ccc(F)cc1F)NC1C2CCOC2C12CCC2.